The Morgan fingerprint density at radius 2 is 1.52 bits per heavy atom. The Balaban J connectivity index is 1.34. The average molecular weight is 596 g/mol. The summed E-state index contributed by atoms with van der Waals surface area (Å²) in [4.78, 5) is 19.8. The molecule has 1 unspecified atom stereocenters. The Morgan fingerprint density at radius 1 is 0.881 bits per heavy atom. The number of alkyl halides is 6. The Bertz CT molecular complexity index is 1210. The molecular formula is C32H39F6N3O. The second-order valence-corrected chi connectivity index (χ2v) is 12.1. The van der Waals surface area contributed by atoms with Crippen molar-refractivity contribution in [3.8, 4) is 0 Å². The van der Waals surface area contributed by atoms with E-state index in [0.717, 1.165) is 58.3 Å². The standard InChI is InChI=1S/C32H39F6N3O/c1-39(30(42)19-22-17-24(31(33,34)35)20-25(18-22)32(36,37)38)21-29(28-10-6-8-23-7-5-9-27(23)28)41-15-11-26(12-16-41)40-13-3-2-4-14-40/h6,8,10,17-18,20,26,29H,2-5,7,9,11-16,19,21H2,1H3. The smallest absolute Gasteiger partial charge is 0.344 e. The molecule has 10 heteroatoms. The lowest BCUT2D eigenvalue weighted by Gasteiger charge is -2.44. The normalized spacial score (nSPS) is 20.0. The maximum atomic E-state index is 13.4. The molecule has 2 aliphatic heterocycles. The van der Waals surface area contributed by atoms with E-state index in [1.807, 2.05) is 0 Å². The van der Waals surface area contributed by atoms with Gasteiger partial charge in [-0.25, -0.2) is 0 Å². The third kappa shape index (κ3) is 7.13. The van der Waals surface area contributed by atoms with Crippen molar-refractivity contribution in [2.45, 2.75) is 82.2 Å². The van der Waals surface area contributed by atoms with Crippen molar-refractivity contribution in [1.82, 2.24) is 14.7 Å². The predicted octanol–water partition coefficient (Wildman–Crippen LogP) is 6.91. The number of rotatable bonds is 7. The second kappa shape index (κ2) is 12.6. The molecule has 3 aliphatic rings. The predicted molar refractivity (Wildman–Crippen MR) is 149 cm³/mol. The highest BCUT2D eigenvalue weighted by Gasteiger charge is 2.37. The van der Waals surface area contributed by atoms with Crippen LogP contribution in [0.15, 0.2) is 36.4 Å². The minimum absolute atomic E-state index is 0.0945. The SMILES string of the molecule is CN(CC(c1cccc2c1CCC2)N1CCC(N2CCCCC2)CC1)C(=O)Cc1cc(C(F)(F)F)cc(C(F)(F)F)c1. The molecule has 2 aromatic rings. The highest BCUT2D eigenvalue weighted by molar-refractivity contribution is 5.78. The molecule has 2 heterocycles. The number of carbonyl (C=O) groups is 1. The Labute approximate surface area is 243 Å². The van der Waals surface area contributed by atoms with Gasteiger partial charge in [0.15, 0.2) is 0 Å². The van der Waals surface area contributed by atoms with Crippen LogP contribution in [0.25, 0.3) is 0 Å². The molecular weight excluding hydrogens is 556 g/mol. The zero-order valence-electron chi connectivity index (χ0n) is 24.0. The number of likely N-dealkylation sites (N-methyl/N-ethyl adjacent to an activating group) is 1. The number of halogens is 6. The van der Waals surface area contributed by atoms with Crippen LogP contribution in [0.1, 0.15) is 77.9 Å². The van der Waals surface area contributed by atoms with Gasteiger partial charge in [0, 0.05) is 32.7 Å². The molecule has 5 rings (SSSR count). The van der Waals surface area contributed by atoms with E-state index in [2.05, 4.69) is 28.0 Å². The van der Waals surface area contributed by atoms with Crippen LogP contribution in [-0.2, 0) is 36.4 Å². The minimum Gasteiger partial charge on any atom is -0.344 e. The van der Waals surface area contributed by atoms with Gasteiger partial charge in [-0.05, 0) is 98.5 Å². The van der Waals surface area contributed by atoms with Gasteiger partial charge in [-0.15, -0.1) is 0 Å². The number of piperidine rings is 2. The molecule has 0 bridgehead atoms. The topological polar surface area (TPSA) is 26.8 Å². The van der Waals surface area contributed by atoms with E-state index in [9.17, 15) is 31.1 Å². The Morgan fingerprint density at radius 3 is 2.14 bits per heavy atom. The molecule has 1 amide bonds. The fourth-order valence-corrected chi connectivity index (χ4v) is 7.01. The number of aryl methyl sites for hydroxylation is 1. The van der Waals surface area contributed by atoms with Gasteiger partial charge in [0.1, 0.15) is 0 Å². The summed E-state index contributed by atoms with van der Waals surface area (Å²) in [7, 11) is 1.59. The molecule has 42 heavy (non-hydrogen) atoms. The summed E-state index contributed by atoms with van der Waals surface area (Å²) in [6.07, 6.45) is -1.57. The molecule has 2 fully saturated rings. The van der Waals surface area contributed by atoms with Crippen LogP contribution in [0.2, 0.25) is 0 Å². The maximum Gasteiger partial charge on any atom is 0.416 e. The molecule has 0 N–H and O–H groups in total. The average Bonchev–Trinajstić information content (AvgIpc) is 3.45. The van der Waals surface area contributed by atoms with Crippen LogP contribution in [0.5, 0.6) is 0 Å². The van der Waals surface area contributed by atoms with Crippen molar-refractivity contribution in [3.63, 3.8) is 0 Å². The van der Waals surface area contributed by atoms with E-state index in [-0.39, 0.29) is 17.7 Å². The summed E-state index contributed by atoms with van der Waals surface area (Å²) in [6.45, 7) is 4.35. The van der Waals surface area contributed by atoms with E-state index in [1.165, 1.54) is 40.9 Å². The van der Waals surface area contributed by atoms with Gasteiger partial charge < -0.3 is 9.80 Å². The summed E-state index contributed by atoms with van der Waals surface area (Å²) in [5.74, 6) is -0.511. The first-order chi connectivity index (χ1) is 19.9. The van der Waals surface area contributed by atoms with E-state index < -0.39 is 35.8 Å². The highest BCUT2D eigenvalue weighted by atomic mass is 19.4. The lowest BCUT2D eigenvalue weighted by atomic mass is 9.92. The van der Waals surface area contributed by atoms with Crippen LogP contribution >= 0.6 is 0 Å². The number of amides is 1. The number of fused-ring (bicyclic) bond motifs is 1. The first kappa shape index (κ1) is 30.9. The molecule has 0 radical (unpaired) electrons. The Hall–Kier alpha value is -2.59. The summed E-state index contributed by atoms with van der Waals surface area (Å²) < 4.78 is 80.3. The number of benzene rings is 2. The number of hydrogen-bond acceptors (Lipinski definition) is 3. The first-order valence-electron chi connectivity index (χ1n) is 15.0. The van der Waals surface area contributed by atoms with Gasteiger partial charge in [-0.2, -0.15) is 26.3 Å². The number of hydrogen-bond donors (Lipinski definition) is 0. The van der Waals surface area contributed by atoms with Gasteiger partial charge in [-0.3, -0.25) is 9.69 Å². The van der Waals surface area contributed by atoms with Gasteiger partial charge in [-0.1, -0.05) is 24.6 Å². The minimum atomic E-state index is -4.95. The Kier molecular flexibility index (Phi) is 9.23. The summed E-state index contributed by atoms with van der Waals surface area (Å²) >= 11 is 0. The molecule has 1 atom stereocenters. The summed E-state index contributed by atoms with van der Waals surface area (Å²) in [6, 6.07) is 8.15. The van der Waals surface area contributed by atoms with Crippen molar-refractivity contribution in [2.24, 2.45) is 0 Å². The maximum absolute atomic E-state index is 13.4. The molecule has 1 aliphatic carbocycles. The molecule has 230 valence electrons. The van der Waals surface area contributed by atoms with Crippen molar-refractivity contribution >= 4 is 5.91 Å². The second-order valence-electron chi connectivity index (χ2n) is 12.1. The van der Waals surface area contributed by atoms with Gasteiger partial charge in [0.05, 0.1) is 23.6 Å². The fourth-order valence-electron chi connectivity index (χ4n) is 7.01. The van der Waals surface area contributed by atoms with Crippen molar-refractivity contribution in [3.05, 3.63) is 69.8 Å². The zero-order valence-corrected chi connectivity index (χ0v) is 24.0. The first-order valence-corrected chi connectivity index (χ1v) is 15.0. The van der Waals surface area contributed by atoms with E-state index in [0.29, 0.717) is 24.7 Å². The largest absolute Gasteiger partial charge is 0.416 e. The van der Waals surface area contributed by atoms with Gasteiger partial charge >= 0.3 is 12.4 Å². The van der Waals surface area contributed by atoms with Crippen molar-refractivity contribution in [2.75, 3.05) is 39.8 Å². The molecule has 0 aromatic heterocycles. The molecule has 4 nitrogen and oxygen atoms in total. The number of likely N-dealkylation sites (tertiary alicyclic amines) is 2. The molecule has 0 spiro atoms. The lowest BCUT2D eigenvalue weighted by molar-refractivity contribution is -0.143. The van der Waals surface area contributed by atoms with Crippen LogP contribution in [0.3, 0.4) is 0 Å². The van der Waals surface area contributed by atoms with Crippen molar-refractivity contribution in [1.29, 1.82) is 0 Å². The van der Waals surface area contributed by atoms with E-state index >= 15 is 0 Å². The van der Waals surface area contributed by atoms with Crippen LogP contribution in [0.4, 0.5) is 26.3 Å². The molecule has 0 saturated carbocycles. The summed E-state index contributed by atoms with van der Waals surface area (Å²) in [5, 5.41) is 0. The number of nitrogens with zero attached hydrogens (tertiary/aromatic N) is 3. The quantitative estimate of drug-likeness (QED) is 0.326. The fraction of sp³-hybridized carbons (Fsp3) is 0.594. The van der Waals surface area contributed by atoms with Crippen LogP contribution in [-0.4, -0.2) is 66.4 Å². The van der Waals surface area contributed by atoms with Gasteiger partial charge in [0.25, 0.3) is 0 Å². The monoisotopic (exact) mass is 595 g/mol. The van der Waals surface area contributed by atoms with E-state index in [1.54, 1.807) is 7.05 Å². The zero-order chi connectivity index (χ0) is 30.1. The third-order valence-corrected chi connectivity index (χ3v) is 9.26. The molecule has 2 aromatic carbocycles. The third-order valence-electron chi connectivity index (χ3n) is 9.26. The highest BCUT2D eigenvalue weighted by Crippen LogP contribution is 2.37. The molecule has 2 saturated heterocycles. The lowest BCUT2D eigenvalue weighted by Crippen LogP contribution is -2.49. The van der Waals surface area contributed by atoms with Gasteiger partial charge in [0.2, 0.25) is 5.91 Å². The van der Waals surface area contributed by atoms with E-state index in [4.69, 9.17) is 0 Å². The van der Waals surface area contributed by atoms with Crippen LogP contribution < -0.4 is 0 Å². The van der Waals surface area contributed by atoms with Crippen molar-refractivity contribution < 1.29 is 31.1 Å². The summed E-state index contributed by atoms with van der Waals surface area (Å²) in [5.41, 5.74) is 0.703. The van der Waals surface area contributed by atoms with Crippen LogP contribution in [0, 0.1) is 0 Å². The number of carbonyl (C=O) groups excluding carboxylic acids is 1.